The molecule has 0 fully saturated rings. The van der Waals surface area contributed by atoms with E-state index in [0.717, 1.165) is 16.5 Å². The number of allylic oxidation sites excluding steroid dienone is 1. The molecule has 0 aliphatic rings. The third-order valence-electron chi connectivity index (χ3n) is 4.23. The number of ketones is 1. The summed E-state index contributed by atoms with van der Waals surface area (Å²) in [6.45, 7) is 2.05. The molecule has 26 heavy (non-hydrogen) atoms. The molecule has 0 aliphatic heterocycles. The molecule has 0 atom stereocenters. The fourth-order valence-corrected chi connectivity index (χ4v) is 2.89. The van der Waals surface area contributed by atoms with Crippen LogP contribution in [0, 0.1) is 6.92 Å². The Balaban J connectivity index is 1.93. The van der Waals surface area contributed by atoms with Gasteiger partial charge in [0.1, 0.15) is 0 Å². The van der Waals surface area contributed by atoms with Gasteiger partial charge in [-0.15, -0.1) is 0 Å². The smallest absolute Gasteiger partial charge is 0.203 e. The number of methoxy groups -OCH3 is 3. The molecule has 3 aromatic rings. The molecular weight excluding hydrogens is 330 g/mol. The van der Waals surface area contributed by atoms with Crippen LogP contribution < -0.4 is 14.2 Å². The predicted molar refractivity (Wildman–Crippen MR) is 102 cm³/mol. The van der Waals surface area contributed by atoms with Crippen molar-refractivity contribution in [1.29, 1.82) is 0 Å². The highest BCUT2D eigenvalue weighted by atomic mass is 16.5. The molecular formula is C21H21NO4. The van der Waals surface area contributed by atoms with Crippen molar-refractivity contribution in [2.24, 2.45) is 0 Å². The lowest BCUT2D eigenvalue weighted by Crippen LogP contribution is -2.00. The molecule has 0 aliphatic carbocycles. The van der Waals surface area contributed by atoms with Crippen LogP contribution in [0.15, 0.2) is 42.6 Å². The van der Waals surface area contributed by atoms with E-state index in [1.165, 1.54) is 26.9 Å². The number of carbonyl (C=O) groups excluding carboxylic acids is 1. The van der Waals surface area contributed by atoms with E-state index >= 15 is 0 Å². The van der Waals surface area contributed by atoms with Crippen molar-refractivity contribution in [2.75, 3.05) is 21.3 Å². The molecule has 5 nitrogen and oxygen atoms in total. The number of aromatic amines is 1. The molecule has 0 saturated carbocycles. The SMILES string of the molecule is COc1cc(C(=O)C=Cc2c[nH]c3cc(C)ccc23)cc(OC)c1OC. The first-order valence-electron chi connectivity index (χ1n) is 8.17. The molecule has 0 unspecified atom stereocenters. The second-order valence-corrected chi connectivity index (χ2v) is 5.90. The van der Waals surface area contributed by atoms with Crippen molar-refractivity contribution in [3.05, 3.63) is 59.3 Å². The Morgan fingerprint density at radius 1 is 1.00 bits per heavy atom. The molecule has 0 radical (unpaired) electrons. The Labute approximate surface area is 152 Å². The largest absolute Gasteiger partial charge is 0.493 e. The van der Waals surface area contributed by atoms with Gasteiger partial charge in [-0.3, -0.25) is 4.79 Å². The van der Waals surface area contributed by atoms with Gasteiger partial charge in [0, 0.05) is 22.7 Å². The molecule has 134 valence electrons. The van der Waals surface area contributed by atoms with Gasteiger partial charge in [0.2, 0.25) is 5.75 Å². The average Bonchev–Trinajstić information content (AvgIpc) is 3.06. The summed E-state index contributed by atoms with van der Waals surface area (Å²) >= 11 is 0. The molecule has 0 bridgehead atoms. The molecule has 1 heterocycles. The molecule has 1 aromatic heterocycles. The Hall–Kier alpha value is -3.21. The molecule has 0 amide bonds. The van der Waals surface area contributed by atoms with E-state index in [9.17, 15) is 4.79 Å². The van der Waals surface area contributed by atoms with Gasteiger partial charge in [-0.05, 0) is 48.4 Å². The van der Waals surface area contributed by atoms with Crippen LogP contribution in [-0.2, 0) is 0 Å². The lowest BCUT2D eigenvalue weighted by atomic mass is 10.1. The van der Waals surface area contributed by atoms with Gasteiger partial charge in [0.05, 0.1) is 21.3 Å². The van der Waals surface area contributed by atoms with E-state index in [-0.39, 0.29) is 5.78 Å². The number of aromatic nitrogens is 1. The Morgan fingerprint density at radius 2 is 1.69 bits per heavy atom. The van der Waals surface area contributed by atoms with Crippen LogP contribution in [0.2, 0.25) is 0 Å². The van der Waals surface area contributed by atoms with Crippen molar-refractivity contribution in [1.82, 2.24) is 4.98 Å². The summed E-state index contributed by atoms with van der Waals surface area (Å²) in [6, 6.07) is 9.46. The summed E-state index contributed by atoms with van der Waals surface area (Å²) in [4.78, 5) is 15.8. The Bertz CT molecular complexity index is 960. The first-order chi connectivity index (χ1) is 12.6. The highest BCUT2D eigenvalue weighted by molar-refractivity contribution is 6.08. The van der Waals surface area contributed by atoms with Crippen LogP contribution in [0.3, 0.4) is 0 Å². The zero-order valence-electron chi connectivity index (χ0n) is 15.3. The van der Waals surface area contributed by atoms with E-state index in [2.05, 4.69) is 17.1 Å². The summed E-state index contributed by atoms with van der Waals surface area (Å²) in [6.07, 6.45) is 5.24. The molecule has 1 N–H and O–H groups in total. The lowest BCUT2D eigenvalue weighted by Gasteiger charge is -2.13. The number of carbonyl (C=O) groups is 1. The molecule has 2 aromatic carbocycles. The van der Waals surface area contributed by atoms with E-state index in [1.807, 2.05) is 19.2 Å². The highest BCUT2D eigenvalue weighted by Crippen LogP contribution is 2.38. The van der Waals surface area contributed by atoms with Crippen LogP contribution in [0.4, 0.5) is 0 Å². The first kappa shape index (κ1) is 17.6. The zero-order valence-corrected chi connectivity index (χ0v) is 15.3. The number of H-pyrrole nitrogens is 1. The van der Waals surface area contributed by atoms with Gasteiger partial charge in [-0.25, -0.2) is 0 Å². The fraction of sp³-hybridized carbons (Fsp3) is 0.190. The maximum absolute atomic E-state index is 12.6. The number of fused-ring (bicyclic) bond motifs is 1. The molecule has 0 saturated heterocycles. The minimum absolute atomic E-state index is 0.147. The summed E-state index contributed by atoms with van der Waals surface area (Å²) < 4.78 is 15.9. The molecule has 0 spiro atoms. The summed E-state index contributed by atoms with van der Waals surface area (Å²) in [5.41, 5.74) is 3.65. The van der Waals surface area contributed by atoms with Crippen LogP contribution in [0.5, 0.6) is 17.2 Å². The number of rotatable bonds is 6. The quantitative estimate of drug-likeness (QED) is 0.528. The minimum atomic E-state index is -0.147. The summed E-state index contributed by atoms with van der Waals surface area (Å²) in [5, 5.41) is 1.07. The third-order valence-corrected chi connectivity index (χ3v) is 4.23. The number of hydrogen-bond acceptors (Lipinski definition) is 4. The van der Waals surface area contributed by atoms with Gasteiger partial charge in [0.15, 0.2) is 17.3 Å². The van der Waals surface area contributed by atoms with Gasteiger partial charge < -0.3 is 19.2 Å². The van der Waals surface area contributed by atoms with E-state index in [0.29, 0.717) is 22.8 Å². The highest BCUT2D eigenvalue weighted by Gasteiger charge is 2.15. The number of aryl methyl sites for hydroxylation is 1. The van der Waals surface area contributed by atoms with Crippen molar-refractivity contribution in [3.8, 4) is 17.2 Å². The van der Waals surface area contributed by atoms with Gasteiger partial charge in [0.25, 0.3) is 0 Å². The number of benzene rings is 2. The number of ether oxygens (including phenoxy) is 3. The minimum Gasteiger partial charge on any atom is -0.493 e. The Morgan fingerprint density at radius 3 is 2.31 bits per heavy atom. The van der Waals surface area contributed by atoms with Crippen LogP contribution in [0.1, 0.15) is 21.5 Å². The maximum Gasteiger partial charge on any atom is 0.203 e. The topological polar surface area (TPSA) is 60.6 Å². The van der Waals surface area contributed by atoms with Crippen LogP contribution in [0.25, 0.3) is 17.0 Å². The second-order valence-electron chi connectivity index (χ2n) is 5.90. The van der Waals surface area contributed by atoms with Gasteiger partial charge in [-0.1, -0.05) is 12.1 Å². The lowest BCUT2D eigenvalue weighted by molar-refractivity contribution is 0.104. The predicted octanol–water partition coefficient (Wildman–Crippen LogP) is 4.40. The Kier molecular flexibility index (Phi) is 4.98. The summed E-state index contributed by atoms with van der Waals surface area (Å²) in [7, 11) is 4.57. The number of hydrogen-bond donors (Lipinski definition) is 1. The van der Waals surface area contributed by atoms with E-state index in [1.54, 1.807) is 24.3 Å². The normalized spacial score (nSPS) is 11.1. The van der Waals surface area contributed by atoms with Gasteiger partial charge in [-0.2, -0.15) is 0 Å². The van der Waals surface area contributed by atoms with Crippen molar-refractivity contribution >= 4 is 22.8 Å². The van der Waals surface area contributed by atoms with Crippen molar-refractivity contribution in [3.63, 3.8) is 0 Å². The molecule has 5 heteroatoms. The summed E-state index contributed by atoms with van der Waals surface area (Å²) in [5.74, 6) is 1.21. The number of nitrogens with one attached hydrogen (secondary N) is 1. The van der Waals surface area contributed by atoms with Gasteiger partial charge >= 0.3 is 0 Å². The monoisotopic (exact) mass is 351 g/mol. The van der Waals surface area contributed by atoms with Crippen molar-refractivity contribution in [2.45, 2.75) is 6.92 Å². The standard InChI is InChI=1S/C21H21NO4/c1-13-5-7-16-14(12-22-17(16)9-13)6-8-18(23)15-10-19(24-2)21(26-4)20(11-15)25-3/h5-12,22H,1-4H3. The first-order valence-corrected chi connectivity index (χ1v) is 8.17. The van der Waals surface area contributed by atoms with E-state index < -0.39 is 0 Å². The zero-order chi connectivity index (χ0) is 18.7. The second kappa shape index (κ2) is 7.35. The maximum atomic E-state index is 12.6. The average molecular weight is 351 g/mol. The van der Waals surface area contributed by atoms with E-state index in [4.69, 9.17) is 14.2 Å². The third kappa shape index (κ3) is 3.28. The van der Waals surface area contributed by atoms with Crippen LogP contribution in [-0.4, -0.2) is 32.1 Å². The van der Waals surface area contributed by atoms with Crippen molar-refractivity contribution < 1.29 is 19.0 Å². The molecule has 3 rings (SSSR count). The fourth-order valence-electron chi connectivity index (χ4n) is 2.89. The van der Waals surface area contributed by atoms with Crippen LogP contribution >= 0.6 is 0 Å².